The topological polar surface area (TPSA) is 52.7 Å². The molecule has 1 aliphatic heterocycles. The lowest BCUT2D eigenvalue weighted by atomic mass is 10.1. The molecule has 0 saturated carbocycles. The third-order valence-electron chi connectivity index (χ3n) is 3.69. The Balaban J connectivity index is 2.03. The minimum atomic E-state index is -0.192. The highest BCUT2D eigenvalue weighted by molar-refractivity contribution is 5.23. The molecule has 3 N–H and O–H groups in total. The molecule has 2 atom stereocenters. The highest BCUT2D eigenvalue weighted by Gasteiger charge is 2.30. The van der Waals surface area contributed by atoms with Gasteiger partial charge in [0.1, 0.15) is 0 Å². The summed E-state index contributed by atoms with van der Waals surface area (Å²) in [5, 5.41) is 9.88. The summed E-state index contributed by atoms with van der Waals surface area (Å²) in [4.78, 5) is 4.56. The predicted octanol–water partition coefficient (Wildman–Crippen LogP) is 0.642. The normalized spacial score (nSPS) is 24.3. The summed E-state index contributed by atoms with van der Waals surface area (Å²) in [6, 6.07) is 8.85. The molecule has 0 radical (unpaired) electrons. The van der Waals surface area contributed by atoms with Crippen molar-refractivity contribution in [1.29, 1.82) is 0 Å². The molecule has 0 bridgehead atoms. The number of β-amino-alcohol motifs (C(OH)–C–C–N with tert-alkyl or cyclic N) is 1. The average Bonchev–Trinajstić information content (AvgIpc) is 2.69. The van der Waals surface area contributed by atoms with Crippen LogP contribution in [-0.4, -0.2) is 54.2 Å². The highest BCUT2D eigenvalue weighted by Crippen LogP contribution is 2.21. The van der Waals surface area contributed by atoms with Crippen molar-refractivity contribution in [3.05, 3.63) is 35.4 Å². The number of hydrogen-bond acceptors (Lipinski definition) is 4. The fraction of sp³-hybridized carbons (Fsp3) is 0.600. The third kappa shape index (κ3) is 4.01. The van der Waals surface area contributed by atoms with E-state index in [1.807, 2.05) is 0 Å². The second-order valence-corrected chi connectivity index (χ2v) is 5.76. The van der Waals surface area contributed by atoms with Crippen molar-refractivity contribution in [2.75, 3.05) is 27.2 Å². The smallest absolute Gasteiger partial charge is 0.0682 e. The van der Waals surface area contributed by atoms with Gasteiger partial charge in [0.05, 0.1) is 6.10 Å². The van der Waals surface area contributed by atoms with E-state index < -0.39 is 0 Å². The fourth-order valence-corrected chi connectivity index (χ4v) is 2.85. The van der Waals surface area contributed by atoms with Crippen molar-refractivity contribution < 1.29 is 5.11 Å². The van der Waals surface area contributed by atoms with Gasteiger partial charge in [-0.25, -0.2) is 0 Å². The minimum Gasteiger partial charge on any atom is -0.392 e. The molecule has 19 heavy (non-hydrogen) atoms. The number of nitrogens with zero attached hydrogens (tertiary/aromatic N) is 2. The van der Waals surface area contributed by atoms with Crippen molar-refractivity contribution in [3.63, 3.8) is 0 Å². The first-order chi connectivity index (χ1) is 9.08. The van der Waals surface area contributed by atoms with Gasteiger partial charge in [-0.3, -0.25) is 4.90 Å². The van der Waals surface area contributed by atoms with Gasteiger partial charge in [0.15, 0.2) is 0 Å². The second-order valence-electron chi connectivity index (χ2n) is 5.76. The van der Waals surface area contributed by atoms with E-state index in [0.29, 0.717) is 12.6 Å². The second kappa shape index (κ2) is 6.48. The van der Waals surface area contributed by atoms with Crippen LogP contribution in [0.15, 0.2) is 24.3 Å². The first kappa shape index (κ1) is 14.5. The Morgan fingerprint density at radius 3 is 2.79 bits per heavy atom. The van der Waals surface area contributed by atoms with Gasteiger partial charge in [0.25, 0.3) is 0 Å². The van der Waals surface area contributed by atoms with Crippen molar-refractivity contribution in [2.45, 2.75) is 31.7 Å². The van der Waals surface area contributed by atoms with Crippen LogP contribution in [0, 0.1) is 0 Å². The van der Waals surface area contributed by atoms with E-state index in [2.05, 4.69) is 48.2 Å². The number of aliphatic hydroxyl groups excluding tert-OH is 1. The SMILES string of the molecule is CN(C)CC1CC(O)CN1Cc1cccc(CN)c1. The summed E-state index contributed by atoms with van der Waals surface area (Å²) >= 11 is 0. The summed E-state index contributed by atoms with van der Waals surface area (Å²) < 4.78 is 0. The summed E-state index contributed by atoms with van der Waals surface area (Å²) in [6.07, 6.45) is 0.678. The molecule has 106 valence electrons. The minimum absolute atomic E-state index is 0.192. The number of benzene rings is 1. The quantitative estimate of drug-likeness (QED) is 0.819. The van der Waals surface area contributed by atoms with Crippen LogP contribution in [0.2, 0.25) is 0 Å². The zero-order valence-corrected chi connectivity index (χ0v) is 11.9. The fourth-order valence-electron chi connectivity index (χ4n) is 2.85. The van der Waals surface area contributed by atoms with E-state index in [1.165, 1.54) is 11.1 Å². The van der Waals surface area contributed by atoms with Crippen molar-refractivity contribution in [1.82, 2.24) is 9.80 Å². The first-order valence-electron chi connectivity index (χ1n) is 6.93. The van der Waals surface area contributed by atoms with E-state index in [9.17, 15) is 5.11 Å². The standard InChI is InChI=1S/C15H25N3O/c1-17(2)10-14-7-15(19)11-18(14)9-13-5-3-4-12(6-13)8-16/h3-6,14-15,19H,7-11,16H2,1-2H3. The molecule has 1 aromatic carbocycles. The van der Waals surface area contributed by atoms with Crippen molar-refractivity contribution >= 4 is 0 Å². The molecule has 1 aliphatic rings. The van der Waals surface area contributed by atoms with Gasteiger partial charge < -0.3 is 15.7 Å². The lowest BCUT2D eigenvalue weighted by molar-refractivity contribution is 0.169. The Morgan fingerprint density at radius 2 is 2.11 bits per heavy atom. The zero-order valence-electron chi connectivity index (χ0n) is 11.9. The molecule has 2 unspecified atom stereocenters. The molecule has 4 heteroatoms. The molecule has 1 heterocycles. The molecule has 0 spiro atoms. The van der Waals surface area contributed by atoms with Crippen LogP contribution in [0.5, 0.6) is 0 Å². The van der Waals surface area contributed by atoms with Gasteiger partial charge in [-0.2, -0.15) is 0 Å². The van der Waals surface area contributed by atoms with Gasteiger partial charge in [0, 0.05) is 32.2 Å². The van der Waals surface area contributed by atoms with Gasteiger partial charge in [0.2, 0.25) is 0 Å². The summed E-state index contributed by atoms with van der Waals surface area (Å²) in [5.41, 5.74) is 8.13. The van der Waals surface area contributed by atoms with E-state index >= 15 is 0 Å². The largest absolute Gasteiger partial charge is 0.392 e. The van der Waals surface area contributed by atoms with E-state index in [4.69, 9.17) is 5.73 Å². The van der Waals surface area contributed by atoms with Crippen LogP contribution in [0.1, 0.15) is 17.5 Å². The molecule has 1 aromatic rings. The molecule has 0 amide bonds. The third-order valence-corrected chi connectivity index (χ3v) is 3.69. The highest BCUT2D eigenvalue weighted by atomic mass is 16.3. The van der Waals surface area contributed by atoms with Crippen LogP contribution in [-0.2, 0) is 13.1 Å². The Bertz CT molecular complexity index is 408. The monoisotopic (exact) mass is 263 g/mol. The number of rotatable bonds is 5. The lowest BCUT2D eigenvalue weighted by Crippen LogP contribution is -2.37. The summed E-state index contributed by atoms with van der Waals surface area (Å²) in [5.74, 6) is 0. The van der Waals surface area contributed by atoms with Gasteiger partial charge in [-0.1, -0.05) is 24.3 Å². The molecule has 0 aromatic heterocycles. The average molecular weight is 263 g/mol. The Kier molecular flexibility index (Phi) is 4.93. The molecule has 1 saturated heterocycles. The number of likely N-dealkylation sites (tertiary alicyclic amines) is 1. The van der Waals surface area contributed by atoms with Gasteiger partial charge in [-0.15, -0.1) is 0 Å². The molecular weight excluding hydrogens is 238 g/mol. The molecule has 2 rings (SSSR count). The molecule has 0 aliphatic carbocycles. The summed E-state index contributed by atoms with van der Waals surface area (Å²) in [6.45, 7) is 3.24. The Morgan fingerprint density at radius 1 is 1.37 bits per heavy atom. The molecule has 1 fully saturated rings. The van der Waals surface area contributed by atoms with Crippen LogP contribution in [0.25, 0.3) is 0 Å². The van der Waals surface area contributed by atoms with E-state index in [-0.39, 0.29) is 6.10 Å². The Hall–Kier alpha value is -0.940. The van der Waals surface area contributed by atoms with Gasteiger partial charge in [-0.05, 0) is 31.6 Å². The van der Waals surface area contributed by atoms with Crippen LogP contribution in [0.3, 0.4) is 0 Å². The number of nitrogens with two attached hydrogens (primary N) is 1. The maximum Gasteiger partial charge on any atom is 0.0682 e. The number of aliphatic hydroxyl groups is 1. The van der Waals surface area contributed by atoms with Crippen molar-refractivity contribution in [3.8, 4) is 0 Å². The Labute approximate surface area is 115 Å². The maximum absolute atomic E-state index is 9.88. The van der Waals surface area contributed by atoms with Crippen LogP contribution in [0.4, 0.5) is 0 Å². The van der Waals surface area contributed by atoms with Gasteiger partial charge >= 0.3 is 0 Å². The van der Waals surface area contributed by atoms with Crippen LogP contribution >= 0.6 is 0 Å². The predicted molar refractivity (Wildman–Crippen MR) is 77.7 cm³/mol. The van der Waals surface area contributed by atoms with Crippen molar-refractivity contribution in [2.24, 2.45) is 5.73 Å². The summed E-state index contributed by atoms with van der Waals surface area (Å²) in [7, 11) is 4.16. The number of likely N-dealkylation sites (N-methyl/N-ethyl adjacent to an activating group) is 1. The molecule has 4 nitrogen and oxygen atoms in total. The molecular formula is C15H25N3O. The maximum atomic E-state index is 9.88. The zero-order chi connectivity index (χ0) is 13.8. The lowest BCUT2D eigenvalue weighted by Gasteiger charge is -2.26. The number of hydrogen-bond donors (Lipinski definition) is 2. The first-order valence-corrected chi connectivity index (χ1v) is 6.93. The van der Waals surface area contributed by atoms with E-state index in [0.717, 1.165) is 26.1 Å². The van der Waals surface area contributed by atoms with Crippen LogP contribution < -0.4 is 5.73 Å². The van der Waals surface area contributed by atoms with E-state index in [1.54, 1.807) is 0 Å².